The van der Waals surface area contributed by atoms with Crippen molar-refractivity contribution in [2.24, 2.45) is 0 Å². The highest BCUT2D eigenvalue weighted by Crippen LogP contribution is 2.10. The Hall–Kier alpha value is -0.960. The summed E-state index contributed by atoms with van der Waals surface area (Å²) in [5, 5.41) is 0. The SMILES string of the molecule is c1ccn(NCC2CCCO2)c1. The molecule has 0 aliphatic carbocycles. The highest BCUT2D eigenvalue weighted by molar-refractivity contribution is 4.93. The van der Waals surface area contributed by atoms with Gasteiger partial charge in [-0.3, -0.25) is 4.68 Å². The van der Waals surface area contributed by atoms with E-state index in [0.717, 1.165) is 13.2 Å². The molecule has 1 aromatic rings. The van der Waals surface area contributed by atoms with Crippen molar-refractivity contribution >= 4 is 0 Å². The zero-order valence-electron chi connectivity index (χ0n) is 7.07. The van der Waals surface area contributed by atoms with Crippen LogP contribution in [0.15, 0.2) is 24.5 Å². The number of aromatic nitrogens is 1. The Balaban J connectivity index is 1.74. The first kappa shape index (κ1) is 7.68. The summed E-state index contributed by atoms with van der Waals surface area (Å²) in [7, 11) is 0. The lowest BCUT2D eigenvalue weighted by molar-refractivity contribution is 0.118. The highest BCUT2D eigenvalue weighted by atomic mass is 16.5. The fourth-order valence-corrected chi connectivity index (χ4v) is 1.45. The first-order valence-corrected chi connectivity index (χ1v) is 4.43. The molecule has 12 heavy (non-hydrogen) atoms. The molecule has 66 valence electrons. The van der Waals surface area contributed by atoms with Gasteiger partial charge in [-0.05, 0) is 25.0 Å². The molecule has 3 nitrogen and oxygen atoms in total. The first-order chi connectivity index (χ1) is 5.95. The average molecular weight is 166 g/mol. The molecule has 1 saturated heterocycles. The molecule has 1 unspecified atom stereocenters. The molecule has 1 atom stereocenters. The van der Waals surface area contributed by atoms with Gasteiger partial charge in [-0.1, -0.05) is 0 Å². The van der Waals surface area contributed by atoms with Gasteiger partial charge in [0, 0.05) is 19.0 Å². The van der Waals surface area contributed by atoms with Crippen molar-refractivity contribution in [2.45, 2.75) is 18.9 Å². The molecule has 2 rings (SSSR count). The Labute approximate surface area is 72.3 Å². The van der Waals surface area contributed by atoms with Crippen LogP contribution in [0.3, 0.4) is 0 Å². The molecule has 0 spiro atoms. The number of ether oxygens (including phenoxy) is 1. The van der Waals surface area contributed by atoms with E-state index in [9.17, 15) is 0 Å². The molecule has 1 aliphatic heterocycles. The predicted octanol–water partition coefficient (Wildman–Crippen LogP) is 1.21. The summed E-state index contributed by atoms with van der Waals surface area (Å²) < 4.78 is 7.44. The van der Waals surface area contributed by atoms with Crippen molar-refractivity contribution in [1.82, 2.24) is 4.68 Å². The third-order valence-electron chi connectivity index (χ3n) is 2.13. The van der Waals surface area contributed by atoms with Gasteiger partial charge in [0.15, 0.2) is 0 Å². The number of hydrogen-bond donors (Lipinski definition) is 1. The lowest BCUT2D eigenvalue weighted by Crippen LogP contribution is -2.24. The largest absolute Gasteiger partial charge is 0.376 e. The van der Waals surface area contributed by atoms with E-state index in [1.807, 2.05) is 29.2 Å². The van der Waals surface area contributed by atoms with E-state index in [1.165, 1.54) is 12.8 Å². The summed E-state index contributed by atoms with van der Waals surface area (Å²) in [5.74, 6) is 0. The minimum atomic E-state index is 0.410. The molecule has 1 aromatic heterocycles. The second-order valence-corrected chi connectivity index (χ2v) is 3.09. The van der Waals surface area contributed by atoms with Crippen molar-refractivity contribution in [2.75, 3.05) is 18.6 Å². The smallest absolute Gasteiger partial charge is 0.0764 e. The summed E-state index contributed by atoms with van der Waals surface area (Å²) >= 11 is 0. The van der Waals surface area contributed by atoms with Crippen molar-refractivity contribution in [3.63, 3.8) is 0 Å². The highest BCUT2D eigenvalue weighted by Gasteiger charge is 2.14. The summed E-state index contributed by atoms with van der Waals surface area (Å²) in [4.78, 5) is 0. The zero-order chi connectivity index (χ0) is 8.23. The zero-order valence-corrected chi connectivity index (χ0v) is 7.07. The Morgan fingerprint density at radius 1 is 1.42 bits per heavy atom. The van der Waals surface area contributed by atoms with Gasteiger partial charge in [-0.25, -0.2) is 0 Å². The maximum Gasteiger partial charge on any atom is 0.0764 e. The maximum absolute atomic E-state index is 5.48. The fourth-order valence-electron chi connectivity index (χ4n) is 1.45. The number of rotatable bonds is 3. The van der Waals surface area contributed by atoms with Crippen molar-refractivity contribution in [1.29, 1.82) is 0 Å². The molecule has 3 heteroatoms. The Kier molecular flexibility index (Phi) is 2.32. The summed E-state index contributed by atoms with van der Waals surface area (Å²) in [5.41, 5.74) is 3.26. The Bertz CT molecular complexity index is 214. The topological polar surface area (TPSA) is 26.2 Å². The third-order valence-corrected chi connectivity index (χ3v) is 2.13. The molecule has 1 aliphatic rings. The monoisotopic (exact) mass is 166 g/mol. The molecule has 2 heterocycles. The predicted molar refractivity (Wildman–Crippen MR) is 47.6 cm³/mol. The second-order valence-electron chi connectivity index (χ2n) is 3.09. The van der Waals surface area contributed by atoms with Gasteiger partial charge < -0.3 is 10.2 Å². The number of nitrogens with zero attached hydrogens (tertiary/aromatic N) is 1. The van der Waals surface area contributed by atoms with Crippen LogP contribution in [0.2, 0.25) is 0 Å². The summed E-state index contributed by atoms with van der Waals surface area (Å²) in [6.45, 7) is 1.84. The van der Waals surface area contributed by atoms with Crippen LogP contribution in [0.5, 0.6) is 0 Å². The van der Waals surface area contributed by atoms with Crippen LogP contribution in [0.4, 0.5) is 0 Å². The number of hydrogen-bond acceptors (Lipinski definition) is 2. The van der Waals surface area contributed by atoms with Crippen LogP contribution in [0, 0.1) is 0 Å². The van der Waals surface area contributed by atoms with Gasteiger partial charge >= 0.3 is 0 Å². The molecular formula is C9H14N2O. The van der Waals surface area contributed by atoms with Crippen molar-refractivity contribution in [3.8, 4) is 0 Å². The third kappa shape index (κ3) is 1.80. The van der Waals surface area contributed by atoms with Gasteiger partial charge in [0.2, 0.25) is 0 Å². The quantitative estimate of drug-likeness (QED) is 0.730. The van der Waals surface area contributed by atoms with E-state index < -0.39 is 0 Å². The van der Waals surface area contributed by atoms with E-state index in [-0.39, 0.29) is 0 Å². The maximum atomic E-state index is 5.48. The van der Waals surface area contributed by atoms with E-state index in [0.29, 0.717) is 6.10 Å². The van der Waals surface area contributed by atoms with Crippen LogP contribution in [0.1, 0.15) is 12.8 Å². The van der Waals surface area contributed by atoms with E-state index >= 15 is 0 Å². The Morgan fingerprint density at radius 2 is 2.25 bits per heavy atom. The van der Waals surface area contributed by atoms with Gasteiger partial charge in [-0.15, -0.1) is 0 Å². The van der Waals surface area contributed by atoms with Gasteiger partial charge in [0.05, 0.1) is 12.6 Å². The van der Waals surface area contributed by atoms with Crippen molar-refractivity contribution in [3.05, 3.63) is 24.5 Å². The minimum absolute atomic E-state index is 0.410. The van der Waals surface area contributed by atoms with E-state index in [2.05, 4.69) is 5.43 Å². The van der Waals surface area contributed by atoms with Gasteiger partial charge in [0.1, 0.15) is 0 Å². The first-order valence-electron chi connectivity index (χ1n) is 4.43. The normalized spacial score (nSPS) is 22.8. The fraction of sp³-hybridized carbons (Fsp3) is 0.556. The molecule has 0 radical (unpaired) electrons. The standard InChI is InChI=1S/C9H14N2O/c1-2-6-11(5-1)10-8-9-4-3-7-12-9/h1-2,5-6,9-10H,3-4,7-8H2. The minimum Gasteiger partial charge on any atom is -0.376 e. The average Bonchev–Trinajstić information content (AvgIpc) is 2.74. The molecule has 0 saturated carbocycles. The second kappa shape index (κ2) is 3.63. The summed E-state index contributed by atoms with van der Waals surface area (Å²) in [6.07, 6.45) is 6.79. The van der Waals surface area contributed by atoms with Crippen LogP contribution >= 0.6 is 0 Å². The molecule has 0 aromatic carbocycles. The van der Waals surface area contributed by atoms with Gasteiger partial charge in [-0.2, -0.15) is 0 Å². The molecule has 0 amide bonds. The lowest BCUT2D eigenvalue weighted by atomic mass is 10.2. The summed E-state index contributed by atoms with van der Waals surface area (Å²) in [6, 6.07) is 4.00. The van der Waals surface area contributed by atoms with Crippen LogP contribution in [-0.2, 0) is 4.74 Å². The molecule has 1 N–H and O–H groups in total. The molecule has 1 fully saturated rings. The van der Waals surface area contributed by atoms with E-state index in [1.54, 1.807) is 0 Å². The number of nitrogens with one attached hydrogen (secondary N) is 1. The van der Waals surface area contributed by atoms with E-state index in [4.69, 9.17) is 4.74 Å². The Morgan fingerprint density at radius 3 is 2.92 bits per heavy atom. The van der Waals surface area contributed by atoms with Gasteiger partial charge in [0.25, 0.3) is 0 Å². The van der Waals surface area contributed by atoms with Crippen LogP contribution in [0.25, 0.3) is 0 Å². The van der Waals surface area contributed by atoms with Crippen LogP contribution in [-0.4, -0.2) is 23.9 Å². The van der Waals surface area contributed by atoms with Crippen molar-refractivity contribution < 1.29 is 4.74 Å². The van der Waals surface area contributed by atoms with Crippen LogP contribution < -0.4 is 5.43 Å². The lowest BCUT2D eigenvalue weighted by Gasteiger charge is -2.12. The molecular weight excluding hydrogens is 152 g/mol. The molecule has 0 bridgehead atoms.